The predicted octanol–water partition coefficient (Wildman–Crippen LogP) is 0.401. The Kier molecular flexibility index (Phi) is 3.28. The number of carbonyl (C=O) groups excluding carboxylic acids is 1. The third kappa shape index (κ3) is 2.74. The van der Waals surface area contributed by atoms with E-state index in [4.69, 9.17) is 5.11 Å². The summed E-state index contributed by atoms with van der Waals surface area (Å²) in [7, 11) is 3.80. The summed E-state index contributed by atoms with van der Waals surface area (Å²) < 4.78 is 0. The SMILES string of the molecule is CN(C)c1ccc(C(=O)NC2CC(O)C2)cn1. The molecule has 0 aliphatic heterocycles. The molecule has 5 heteroatoms. The molecule has 0 atom stereocenters. The van der Waals surface area contributed by atoms with Crippen molar-refractivity contribution in [1.82, 2.24) is 10.3 Å². The average Bonchev–Trinajstić information content (AvgIpc) is 2.27. The fraction of sp³-hybridized carbons (Fsp3) is 0.500. The Morgan fingerprint density at radius 3 is 2.65 bits per heavy atom. The van der Waals surface area contributed by atoms with Gasteiger partial charge in [-0.3, -0.25) is 4.79 Å². The zero-order chi connectivity index (χ0) is 12.4. The van der Waals surface area contributed by atoms with Crippen LogP contribution in [0.3, 0.4) is 0 Å². The summed E-state index contributed by atoms with van der Waals surface area (Å²) in [5.41, 5.74) is 0.553. The van der Waals surface area contributed by atoms with Crippen molar-refractivity contribution in [3.8, 4) is 0 Å². The van der Waals surface area contributed by atoms with Crippen LogP contribution in [0.5, 0.6) is 0 Å². The van der Waals surface area contributed by atoms with Crippen molar-refractivity contribution in [2.45, 2.75) is 25.0 Å². The van der Waals surface area contributed by atoms with E-state index < -0.39 is 0 Å². The maximum Gasteiger partial charge on any atom is 0.253 e. The van der Waals surface area contributed by atoms with Gasteiger partial charge in [-0.05, 0) is 25.0 Å². The quantitative estimate of drug-likeness (QED) is 0.796. The van der Waals surface area contributed by atoms with Crippen LogP contribution in [0.2, 0.25) is 0 Å². The van der Waals surface area contributed by atoms with Crippen molar-refractivity contribution < 1.29 is 9.90 Å². The molecule has 0 bridgehead atoms. The molecule has 0 radical (unpaired) electrons. The fourth-order valence-corrected chi connectivity index (χ4v) is 1.76. The van der Waals surface area contributed by atoms with Crippen molar-refractivity contribution in [3.05, 3.63) is 23.9 Å². The second-order valence-electron chi connectivity index (χ2n) is 4.60. The number of aliphatic hydroxyl groups excluding tert-OH is 1. The van der Waals surface area contributed by atoms with Crippen LogP contribution < -0.4 is 10.2 Å². The van der Waals surface area contributed by atoms with Crippen LogP contribution in [0.15, 0.2) is 18.3 Å². The summed E-state index contributed by atoms with van der Waals surface area (Å²) in [5, 5.41) is 12.0. The van der Waals surface area contributed by atoms with Gasteiger partial charge in [-0.1, -0.05) is 0 Å². The van der Waals surface area contributed by atoms with Crippen molar-refractivity contribution in [2.24, 2.45) is 0 Å². The fourth-order valence-electron chi connectivity index (χ4n) is 1.76. The van der Waals surface area contributed by atoms with E-state index in [-0.39, 0.29) is 18.1 Å². The first kappa shape index (κ1) is 11.9. The molecular formula is C12H17N3O2. The van der Waals surface area contributed by atoms with Gasteiger partial charge < -0.3 is 15.3 Å². The number of nitrogens with zero attached hydrogens (tertiary/aromatic N) is 2. The first-order valence-corrected chi connectivity index (χ1v) is 5.68. The van der Waals surface area contributed by atoms with Crippen molar-refractivity contribution >= 4 is 11.7 Å². The number of aromatic nitrogens is 1. The molecule has 1 aromatic heterocycles. The predicted molar refractivity (Wildman–Crippen MR) is 65.1 cm³/mol. The molecular weight excluding hydrogens is 218 g/mol. The van der Waals surface area contributed by atoms with Gasteiger partial charge in [0.1, 0.15) is 5.82 Å². The number of aliphatic hydroxyl groups is 1. The number of hydrogen-bond acceptors (Lipinski definition) is 4. The maximum absolute atomic E-state index is 11.8. The topological polar surface area (TPSA) is 65.5 Å². The van der Waals surface area contributed by atoms with Crippen LogP contribution in [0.1, 0.15) is 23.2 Å². The third-order valence-corrected chi connectivity index (χ3v) is 2.92. The summed E-state index contributed by atoms with van der Waals surface area (Å²) in [6, 6.07) is 3.67. The van der Waals surface area contributed by atoms with Crippen LogP contribution in [0.4, 0.5) is 5.82 Å². The molecule has 0 saturated heterocycles. The maximum atomic E-state index is 11.8. The van der Waals surface area contributed by atoms with E-state index in [1.165, 1.54) is 0 Å². The molecule has 2 rings (SSSR count). The lowest BCUT2D eigenvalue weighted by Gasteiger charge is -2.31. The Morgan fingerprint density at radius 2 is 2.18 bits per heavy atom. The van der Waals surface area contributed by atoms with E-state index in [1.807, 2.05) is 25.1 Å². The van der Waals surface area contributed by atoms with Gasteiger partial charge in [-0.25, -0.2) is 4.98 Å². The minimum absolute atomic E-state index is 0.103. The Morgan fingerprint density at radius 1 is 1.47 bits per heavy atom. The van der Waals surface area contributed by atoms with Crippen molar-refractivity contribution in [1.29, 1.82) is 0 Å². The molecule has 92 valence electrons. The molecule has 1 fully saturated rings. The van der Waals surface area contributed by atoms with E-state index in [9.17, 15) is 4.79 Å². The first-order valence-electron chi connectivity index (χ1n) is 5.68. The summed E-state index contributed by atoms with van der Waals surface area (Å²) in [5.74, 6) is 0.695. The van der Waals surface area contributed by atoms with Crippen LogP contribution in [-0.2, 0) is 0 Å². The highest BCUT2D eigenvalue weighted by molar-refractivity contribution is 5.94. The Balaban J connectivity index is 1.95. The number of nitrogens with one attached hydrogen (secondary N) is 1. The van der Waals surface area contributed by atoms with E-state index in [1.54, 1.807) is 12.3 Å². The lowest BCUT2D eigenvalue weighted by atomic mass is 9.89. The summed E-state index contributed by atoms with van der Waals surface area (Å²) in [4.78, 5) is 17.8. The smallest absolute Gasteiger partial charge is 0.253 e. The van der Waals surface area contributed by atoms with Gasteiger partial charge in [0.25, 0.3) is 5.91 Å². The molecule has 1 aliphatic rings. The Hall–Kier alpha value is -1.62. The zero-order valence-electron chi connectivity index (χ0n) is 10.1. The molecule has 1 aromatic rings. The van der Waals surface area contributed by atoms with Crippen LogP contribution in [0, 0.1) is 0 Å². The summed E-state index contributed by atoms with van der Waals surface area (Å²) >= 11 is 0. The summed E-state index contributed by atoms with van der Waals surface area (Å²) in [6.45, 7) is 0. The van der Waals surface area contributed by atoms with Gasteiger partial charge in [0.05, 0.1) is 11.7 Å². The second kappa shape index (κ2) is 4.71. The minimum atomic E-state index is -0.255. The normalized spacial score (nSPS) is 22.8. The second-order valence-corrected chi connectivity index (χ2v) is 4.60. The lowest BCUT2D eigenvalue weighted by molar-refractivity contribution is 0.0562. The van der Waals surface area contributed by atoms with Gasteiger partial charge in [0.2, 0.25) is 0 Å². The van der Waals surface area contributed by atoms with Crippen LogP contribution in [0.25, 0.3) is 0 Å². The molecule has 0 aromatic carbocycles. The largest absolute Gasteiger partial charge is 0.393 e. The number of rotatable bonds is 3. The van der Waals surface area contributed by atoms with Gasteiger partial charge in [-0.15, -0.1) is 0 Å². The minimum Gasteiger partial charge on any atom is -0.393 e. The lowest BCUT2D eigenvalue weighted by Crippen LogP contribution is -2.46. The molecule has 0 spiro atoms. The number of hydrogen-bond donors (Lipinski definition) is 2. The van der Waals surface area contributed by atoms with Gasteiger partial charge in [0.15, 0.2) is 0 Å². The number of carbonyl (C=O) groups is 1. The zero-order valence-corrected chi connectivity index (χ0v) is 10.1. The average molecular weight is 235 g/mol. The highest BCUT2D eigenvalue weighted by Crippen LogP contribution is 2.19. The van der Waals surface area contributed by atoms with E-state index >= 15 is 0 Å². The summed E-state index contributed by atoms with van der Waals surface area (Å²) in [6.07, 6.45) is 2.61. The molecule has 17 heavy (non-hydrogen) atoms. The van der Waals surface area contributed by atoms with Crippen LogP contribution in [-0.4, -0.2) is 42.2 Å². The van der Waals surface area contributed by atoms with E-state index in [0.717, 1.165) is 5.82 Å². The van der Waals surface area contributed by atoms with Gasteiger partial charge >= 0.3 is 0 Å². The molecule has 2 N–H and O–H groups in total. The number of pyridine rings is 1. The van der Waals surface area contributed by atoms with Crippen LogP contribution >= 0.6 is 0 Å². The van der Waals surface area contributed by atoms with E-state index in [2.05, 4.69) is 10.3 Å². The Bertz CT molecular complexity index is 397. The number of anilines is 1. The highest BCUT2D eigenvalue weighted by Gasteiger charge is 2.28. The van der Waals surface area contributed by atoms with Gasteiger partial charge in [0, 0.05) is 26.3 Å². The molecule has 5 nitrogen and oxygen atoms in total. The molecule has 1 amide bonds. The highest BCUT2D eigenvalue weighted by atomic mass is 16.3. The molecule has 0 unspecified atom stereocenters. The number of amides is 1. The Labute approximate surface area is 100 Å². The van der Waals surface area contributed by atoms with Crippen molar-refractivity contribution in [3.63, 3.8) is 0 Å². The third-order valence-electron chi connectivity index (χ3n) is 2.92. The first-order chi connectivity index (χ1) is 8.06. The van der Waals surface area contributed by atoms with Crippen molar-refractivity contribution in [2.75, 3.05) is 19.0 Å². The van der Waals surface area contributed by atoms with E-state index in [0.29, 0.717) is 18.4 Å². The standard InChI is InChI=1S/C12H17N3O2/c1-15(2)11-4-3-8(7-13-11)12(17)14-9-5-10(16)6-9/h3-4,7,9-10,16H,5-6H2,1-2H3,(H,14,17). The molecule has 1 heterocycles. The van der Waals surface area contributed by atoms with Gasteiger partial charge in [-0.2, -0.15) is 0 Å². The monoisotopic (exact) mass is 235 g/mol. The molecule has 1 aliphatic carbocycles. The molecule has 1 saturated carbocycles.